The van der Waals surface area contributed by atoms with E-state index in [1.54, 1.807) is 24.2 Å². The lowest BCUT2D eigenvalue weighted by atomic mass is 10.2. The van der Waals surface area contributed by atoms with E-state index in [0.29, 0.717) is 13.0 Å². The van der Waals surface area contributed by atoms with Crippen LogP contribution in [0.2, 0.25) is 0 Å². The van der Waals surface area contributed by atoms with Crippen LogP contribution in [0.15, 0.2) is 36.9 Å². The highest BCUT2D eigenvalue weighted by Gasteiger charge is 2.32. The van der Waals surface area contributed by atoms with Gasteiger partial charge in [0.05, 0.1) is 0 Å². The quantitative estimate of drug-likeness (QED) is 0.866. The fourth-order valence-corrected chi connectivity index (χ4v) is 3.57. The molecule has 0 aliphatic carbocycles. The molecule has 1 fully saturated rings. The SMILES string of the molecule is Cn1ccnc1C1SCCC(=O)N1Cc1cccnc1. The third kappa shape index (κ3) is 2.56. The van der Waals surface area contributed by atoms with Crippen LogP contribution in [0.4, 0.5) is 0 Å². The van der Waals surface area contributed by atoms with Crippen LogP contribution in [-0.2, 0) is 18.4 Å². The zero-order valence-electron chi connectivity index (χ0n) is 11.3. The van der Waals surface area contributed by atoms with Gasteiger partial charge in [-0.2, -0.15) is 0 Å². The van der Waals surface area contributed by atoms with Crippen molar-refractivity contribution < 1.29 is 4.79 Å². The second-order valence-electron chi connectivity index (χ2n) is 4.75. The molecular formula is C14H16N4OS. The molecule has 0 bridgehead atoms. The number of aryl methyl sites for hydroxylation is 1. The molecule has 1 aliphatic rings. The van der Waals surface area contributed by atoms with Crippen molar-refractivity contribution in [2.75, 3.05) is 5.75 Å². The van der Waals surface area contributed by atoms with Crippen molar-refractivity contribution >= 4 is 17.7 Å². The van der Waals surface area contributed by atoms with E-state index in [1.807, 2.05) is 41.0 Å². The predicted molar refractivity (Wildman–Crippen MR) is 77.8 cm³/mol. The molecule has 0 radical (unpaired) electrons. The summed E-state index contributed by atoms with van der Waals surface area (Å²) in [6.45, 7) is 0.581. The summed E-state index contributed by atoms with van der Waals surface area (Å²) in [6, 6.07) is 3.89. The number of thioether (sulfide) groups is 1. The molecule has 2 aromatic heterocycles. The Bertz CT molecular complexity index is 598. The third-order valence-electron chi connectivity index (χ3n) is 3.35. The Morgan fingerprint density at radius 3 is 3.05 bits per heavy atom. The molecule has 5 nitrogen and oxygen atoms in total. The lowest BCUT2D eigenvalue weighted by Crippen LogP contribution is -2.37. The fraction of sp³-hybridized carbons (Fsp3) is 0.357. The number of amides is 1. The molecule has 1 unspecified atom stereocenters. The molecular weight excluding hydrogens is 272 g/mol. The first-order chi connectivity index (χ1) is 9.75. The number of carbonyl (C=O) groups excluding carboxylic acids is 1. The summed E-state index contributed by atoms with van der Waals surface area (Å²) in [5.74, 6) is 1.95. The van der Waals surface area contributed by atoms with Crippen LogP contribution in [0.5, 0.6) is 0 Å². The largest absolute Gasteiger partial charge is 0.336 e. The standard InChI is InChI=1S/C14H16N4OS/c1-17-7-6-16-13(17)14-18(12(19)4-8-20-14)10-11-3-2-5-15-9-11/h2-3,5-7,9,14H,4,8,10H2,1H3. The number of imidazole rings is 1. The van der Waals surface area contributed by atoms with Crippen molar-refractivity contribution in [1.82, 2.24) is 19.4 Å². The highest BCUT2D eigenvalue weighted by atomic mass is 32.2. The van der Waals surface area contributed by atoms with E-state index in [1.165, 1.54) is 0 Å². The summed E-state index contributed by atoms with van der Waals surface area (Å²) in [6.07, 6.45) is 7.83. The maximum Gasteiger partial charge on any atom is 0.224 e. The second kappa shape index (κ2) is 5.66. The highest BCUT2D eigenvalue weighted by molar-refractivity contribution is 7.99. The van der Waals surface area contributed by atoms with E-state index in [9.17, 15) is 4.79 Å². The van der Waals surface area contributed by atoms with Crippen LogP contribution in [0.25, 0.3) is 0 Å². The van der Waals surface area contributed by atoms with E-state index in [2.05, 4.69) is 9.97 Å². The Morgan fingerprint density at radius 2 is 2.35 bits per heavy atom. The molecule has 20 heavy (non-hydrogen) atoms. The molecule has 3 rings (SSSR count). The number of hydrogen-bond donors (Lipinski definition) is 0. The molecule has 0 spiro atoms. The zero-order chi connectivity index (χ0) is 13.9. The maximum absolute atomic E-state index is 12.3. The van der Waals surface area contributed by atoms with E-state index in [-0.39, 0.29) is 11.3 Å². The molecule has 0 saturated carbocycles. The minimum Gasteiger partial charge on any atom is -0.336 e. The molecule has 6 heteroatoms. The average molecular weight is 288 g/mol. The fourth-order valence-electron chi connectivity index (χ4n) is 2.31. The summed E-state index contributed by atoms with van der Waals surface area (Å²) in [5.41, 5.74) is 1.04. The number of hydrogen-bond acceptors (Lipinski definition) is 4. The number of nitrogens with zero attached hydrogens (tertiary/aromatic N) is 4. The van der Waals surface area contributed by atoms with Crippen molar-refractivity contribution in [1.29, 1.82) is 0 Å². The molecule has 104 valence electrons. The van der Waals surface area contributed by atoms with Gasteiger partial charge in [-0.3, -0.25) is 9.78 Å². The molecule has 0 aromatic carbocycles. The normalized spacial score (nSPS) is 19.4. The molecule has 3 heterocycles. The minimum atomic E-state index is -0.0172. The summed E-state index contributed by atoms with van der Waals surface area (Å²) >= 11 is 1.77. The van der Waals surface area contributed by atoms with Crippen LogP contribution in [-0.4, -0.2) is 31.1 Å². The van der Waals surface area contributed by atoms with Gasteiger partial charge < -0.3 is 9.47 Å². The lowest BCUT2D eigenvalue weighted by molar-refractivity contribution is -0.132. The van der Waals surface area contributed by atoms with Crippen molar-refractivity contribution in [2.45, 2.75) is 18.3 Å². The Labute approximate surface area is 122 Å². The van der Waals surface area contributed by atoms with Gasteiger partial charge in [0.2, 0.25) is 5.91 Å². The molecule has 1 saturated heterocycles. The molecule has 2 aromatic rings. The molecule has 1 atom stereocenters. The van der Waals surface area contributed by atoms with Crippen LogP contribution in [0.1, 0.15) is 23.2 Å². The number of rotatable bonds is 3. The van der Waals surface area contributed by atoms with Crippen molar-refractivity contribution in [3.05, 3.63) is 48.3 Å². The number of pyridine rings is 1. The van der Waals surface area contributed by atoms with Crippen molar-refractivity contribution in [2.24, 2.45) is 7.05 Å². The predicted octanol–water partition coefficient (Wildman–Crippen LogP) is 1.98. The number of aromatic nitrogens is 3. The van der Waals surface area contributed by atoms with Gasteiger partial charge in [0.1, 0.15) is 11.2 Å². The molecule has 1 amide bonds. The van der Waals surface area contributed by atoms with Gasteiger partial charge in [-0.1, -0.05) is 6.07 Å². The second-order valence-corrected chi connectivity index (χ2v) is 5.94. The maximum atomic E-state index is 12.3. The van der Waals surface area contributed by atoms with Gasteiger partial charge in [0, 0.05) is 50.6 Å². The first-order valence-corrected chi connectivity index (χ1v) is 7.58. The van der Waals surface area contributed by atoms with Crippen molar-refractivity contribution in [3.8, 4) is 0 Å². The van der Waals surface area contributed by atoms with E-state index >= 15 is 0 Å². The summed E-state index contributed by atoms with van der Waals surface area (Å²) in [7, 11) is 1.96. The third-order valence-corrected chi connectivity index (χ3v) is 4.57. The first-order valence-electron chi connectivity index (χ1n) is 6.53. The summed E-state index contributed by atoms with van der Waals surface area (Å²) in [5, 5.41) is -0.0172. The Morgan fingerprint density at radius 1 is 1.45 bits per heavy atom. The smallest absolute Gasteiger partial charge is 0.224 e. The van der Waals surface area contributed by atoms with Crippen LogP contribution >= 0.6 is 11.8 Å². The highest BCUT2D eigenvalue weighted by Crippen LogP contribution is 2.37. The van der Waals surface area contributed by atoms with Gasteiger partial charge in [0.25, 0.3) is 0 Å². The zero-order valence-corrected chi connectivity index (χ0v) is 12.1. The number of carbonyl (C=O) groups is 1. The van der Waals surface area contributed by atoms with E-state index in [0.717, 1.165) is 17.1 Å². The average Bonchev–Trinajstić information content (AvgIpc) is 2.88. The topological polar surface area (TPSA) is 51.0 Å². The van der Waals surface area contributed by atoms with Gasteiger partial charge in [-0.15, -0.1) is 11.8 Å². The lowest BCUT2D eigenvalue weighted by Gasteiger charge is -2.34. The van der Waals surface area contributed by atoms with Crippen LogP contribution in [0, 0.1) is 0 Å². The summed E-state index contributed by atoms with van der Waals surface area (Å²) in [4.78, 5) is 22.7. The Balaban J connectivity index is 1.87. The van der Waals surface area contributed by atoms with E-state index in [4.69, 9.17) is 0 Å². The first kappa shape index (κ1) is 13.2. The Hall–Kier alpha value is -1.82. The van der Waals surface area contributed by atoms with Gasteiger partial charge in [0.15, 0.2) is 0 Å². The van der Waals surface area contributed by atoms with Gasteiger partial charge in [-0.25, -0.2) is 4.98 Å². The van der Waals surface area contributed by atoms with Crippen LogP contribution in [0.3, 0.4) is 0 Å². The monoisotopic (exact) mass is 288 g/mol. The van der Waals surface area contributed by atoms with Gasteiger partial charge in [-0.05, 0) is 11.6 Å². The molecule has 0 N–H and O–H groups in total. The minimum absolute atomic E-state index is 0.0172. The Kier molecular flexibility index (Phi) is 3.73. The van der Waals surface area contributed by atoms with Crippen molar-refractivity contribution in [3.63, 3.8) is 0 Å². The van der Waals surface area contributed by atoms with E-state index < -0.39 is 0 Å². The summed E-state index contributed by atoms with van der Waals surface area (Å²) < 4.78 is 1.98. The van der Waals surface area contributed by atoms with Gasteiger partial charge >= 0.3 is 0 Å². The van der Waals surface area contributed by atoms with Crippen LogP contribution < -0.4 is 0 Å². The molecule has 1 aliphatic heterocycles.